The maximum Gasteiger partial charge on any atom is 0.332 e. The second kappa shape index (κ2) is 5.59. The Hall–Kier alpha value is -0.260. The fourth-order valence-corrected chi connectivity index (χ4v) is 3.47. The minimum absolute atomic E-state index is 0.0788. The van der Waals surface area contributed by atoms with Crippen molar-refractivity contribution in [2.45, 2.75) is 49.1 Å². The number of hydrogen-bond donors (Lipinski definition) is 2. The van der Waals surface area contributed by atoms with E-state index < -0.39 is 12.1 Å². The van der Waals surface area contributed by atoms with E-state index in [2.05, 4.69) is 11.6 Å². The van der Waals surface area contributed by atoms with Gasteiger partial charge in [0.1, 0.15) is 0 Å². The number of rotatable bonds is 6. The molecule has 2 N–H and O–H groups in total. The summed E-state index contributed by atoms with van der Waals surface area (Å²) >= 11 is 1.95. The molecule has 1 aliphatic carbocycles. The lowest BCUT2D eigenvalue weighted by molar-refractivity contribution is -0.149. The van der Waals surface area contributed by atoms with Gasteiger partial charge in [0.15, 0.2) is 6.10 Å². The van der Waals surface area contributed by atoms with Gasteiger partial charge in [-0.2, -0.15) is 11.8 Å². The van der Waals surface area contributed by atoms with E-state index in [4.69, 9.17) is 9.84 Å². The molecule has 1 saturated carbocycles. The summed E-state index contributed by atoms with van der Waals surface area (Å²) in [5, 5.41) is 12.3. The van der Waals surface area contributed by atoms with E-state index in [0.717, 1.165) is 19.5 Å². The van der Waals surface area contributed by atoms with Crippen molar-refractivity contribution in [1.82, 2.24) is 5.32 Å². The van der Waals surface area contributed by atoms with E-state index in [-0.39, 0.29) is 6.10 Å². The zero-order chi connectivity index (χ0) is 12.3. The van der Waals surface area contributed by atoms with Crippen molar-refractivity contribution >= 4 is 17.7 Å². The summed E-state index contributed by atoms with van der Waals surface area (Å²) in [5.41, 5.74) is 0. The first-order chi connectivity index (χ1) is 8.15. The quantitative estimate of drug-likeness (QED) is 0.757. The van der Waals surface area contributed by atoms with E-state index >= 15 is 0 Å². The topological polar surface area (TPSA) is 58.6 Å². The molecule has 1 saturated heterocycles. The largest absolute Gasteiger partial charge is 0.479 e. The second-order valence-electron chi connectivity index (χ2n) is 5.03. The number of thioether (sulfide) groups is 1. The molecule has 0 spiro atoms. The van der Waals surface area contributed by atoms with Gasteiger partial charge >= 0.3 is 5.97 Å². The number of hydrogen-bond acceptors (Lipinski definition) is 4. The standard InChI is InChI=1S/C12H21NO3S/c1-17-12(5-2-6-12)8-13-7-9-3-4-10(16-9)11(14)15/h9-10,13H,2-8H2,1H3,(H,14,15). The van der Waals surface area contributed by atoms with Crippen LogP contribution in [0.1, 0.15) is 32.1 Å². The first-order valence-electron chi connectivity index (χ1n) is 6.29. The van der Waals surface area contributed by atoms with Gasteiger partial charge in [0.05, 0.1) is 6.10 Å². The van der Waals surface area contributed by atoms with Crippen LogP contribution in [0.15, 0.2) is 0 Å². The predicted octanol–water partition coefficient (Wildman–Crippen LogP) is 1.49. The molecule has 0 aromatic carbocycles. The van der Waals surface area contributed by atoms with Gasteiger partial charge in [0.25, 0.3) is 0 Å². The number of ether oxygens (including phenoxy) is 1. The molecule has 17 heavy (non-hydrogen) atoms. The van der Waals surface area contributed by atoms with Crippen molar-refractivity contribution in [3.8, 4) is 0 Å². The Kier molecular flexibility index (Phi) is 4.33. The molecule has 2 unspecified atom stereocenters. The van der Waals surface area contributed by atoms with Crippen LogP contribution in [0.25, 0.3) is 0 Å². The first kappa shape index (κ1) is 13.2. The van der Waals surface area contributed by atoms with Gasteiger partial charge in [-0.25, -0.2) is 4.79 Å². The zero-order valence-corrected chi connectivity index (χ0v) is 11.1. The molecule has 1 aliphatic heterocycles. The van der Waals surface area contributed by atoms with Gasteiger partial charge in [0, 0.05) is 17.8 Å². The number of aliphatic carboxylic acids is 1. The number of nitrogens with one attached hydrogen (secondary N) is 1. The fourth-order valence-electron chi connectivity index (χ4n) is 2.52. The van der Waals surface area contributed by atoms with E-state index in [1.807, 2.05) is 11.8 Å². The van der Waals surface area contributed by atoms with Gasteiger partial charge in [-0.15, -0.1) is 0 Å². The van der Waals surface area contributed by atoms with Crippen molar-refractivity contribution < 1.29 is 14.6 Å². The lowest BCUT2D eigenvalue weighted by atomic mass is 9.84. The van der Waals surface area contributed by atoms with E-state index in [1.165, 1.54) is 19.3 Å². The van der Waals surface area contributed by atoms with Crippen molar-refractivity contribution in [2.75, 3.05) is 19.3 Å². The molecule has 0 bridgehead atoms. The third-order valence-corrected chi connectivity index (χ3v) is 5.32. The minimum Gasteiger partial charge on any atom is -0.479 e. The highest BCUT2D eigenvalue weighted by Gasteiger charge is 2.36. The fraction of sp³-hybridized carbons (Fsp3) is 0.917. The Bertz CT molecular complexity index is 275. The number of carboxylic acid groups (broad SMARTS) is 1. The van der Waals surface area contributed by atoms with E-state index in [0.29, 0.717) is 11.2 Å². The summed E-state index contributed by atoms with van der Waals surface area (Å²) in [4.78, 5) is 10.7. The highest BCUT2D eigenvalue weighted by atomic mass is 32.2. The summed E-state index contributed by atoms with van der Waals surface area (Å²) < 4.78 is 5.89. The normalized spacial score (nSPS) is 31.1. The Labute approximate surface area is 106 Å². The molecule has 2 rings (SSSR count). The number of carbonyl (C=O) groups is 1. The molecule has 0 amide bonds. The van der Waals surface area contributed by atoms with Crippen molar-refractivity contribution in [3.63, 3.8) is 0 Å². The van der Waals surface area contributed by atoms with Gasteiger partial charge in [0.2, 0.25) is 0 Å². The molecule has 2 atom stereocenters. The highest BCUT2D eigenvalue weighted by molar-refractivity contribution is 8.00. The minimum atomic E-state index is -0.827. The molecule has 4 nitrogen and oxygen atoms in total. The molecule has 0 aromatic rings. The van der Waals surface area contributed by atoms with Crippen LogP contribution in [-0.2, 0) is 9.53 Å². The van der Waals surface area contributed by atoms with Crippen LogP contribution in [0.2, 0.25) is 0 Å². The number of carboxylic acids is 1. The lowest BCUT2D eigenvalue weighted by Crippen LogP contribution is -2.45. The van der Waals surface area contributed by atoms with Crippen LogP contribution < -0.4 is 5.32 Å². The molecule has 5 heteroatoms. The SMILES string of the molecule is CSC1(CNCC2CCC(C(=O)O)O2)CCC1. The van der Waals surface area contributed by atoms with Crippen molar-refractivity contribution in [2.24, 2.45) is 0 Å². The maximum absolute atomic E-state index is 10.7. The van der Waals surface area contributed by atoms with E-state index in [9.17, 15) is 4.79 Å². The third kappa shape index (κ3) is 3.14. The molecule has 1 heterocycles. The summed E-state index contributed by atoms with van der Waals surface area (Å²) in [5.74, 6) is -0.827. The smallest absolute Gasteiger partial charge is 0.332 e. The van der Waals surface area contributed by atoms with Crippen molar-refractivity contribution in [3.05, 3.63) is 0 Å². The molecule has 98 valence electrons. The van der Waals surface area contributed by atoms with Crippen LogP contribution >= 0.6 is 11.8 Å². The van der Waals surface area contributed by atoms with E-state index in [1.54, 1.807) is 0 Å². The molecule has 0 aromatic heterocycles. The van der Waals surface area contributed by atoms with Gasteiger partial charge in [-0.1, -0.05) is 6.42 Å². The summed E-state index contributed by atoms with van der Waals surface area (Å²) in [6.07, 6.45) is 7.10. The van der Waals surface area contributed by atoms with Gasteiger partial charge in [-0.05, 0) is 31.9 Å². The Morgan fingerprint density at radius 2 is 2.29 bits per heavy atom. The summed E-state index contributed by atoms with van der Waals surface area (Å²) in [7, 11) is 0. The lowest BCUT2D eigenvalue weighted by Gasteiger charge is -2.40. The first-order valence-corrected chi connectivity index (χ1v) is 7.52. The Balaban J connectivity index is 1.64. The molecule has 2 fully saturated rings. The maximum atomic E-state index is 10.7. The molecule has 2 aliphatic rings. The van der Waals surface area contributed by atoms with Crippen molar-refractivity contribution in [1.29, 1.82) is 0 Å². The second-order valence-corrected chi connectivity index (χ2v) is 6.31. The van der Waals surface area contributed by atoms with Crippen LogP contribution in [-0.4, -0.2) is 47.4 Å². The average Bonchev–Trinajstić information content (AvgIpc) is 2.71. The molecular formula is C12H21NO3S. The molecular weight excluding hydrogens is 238 g/mol. The average molecular weight is 259 g/mol. The monoisotopic (exact) mass is 259 g/mol. The van der Waals surface area contributed by atoms with Gasteiger partial charge in [-0.3, -0.25) is 0 Å². The van der Waals surface area contributed by atoms with Crippen LogP contribution in [0, 0.1) is 0 Å². The Morgan fingerprint density at radius 3 is 2.76 bits per heavy atom. The Morgan fingerprint density at radius 1 is 1.53 bits per heavy atom. The third-order valence-electron chi connectivity index (χ3n) is 3.90. The predicted molar refractivity (Wildman–Crippen MR) is 68.5 cm³/mol. The van der Waals surface area contributed by atoms with Crippen LogP contribution in [0.5, 0.6) is 0 Å². The van der Waals surface area contributed by atoms with Crippen LogP contribution in [0.3, 0.4) is 0 Å². The van der Waals surface area contributed by atoms with Gasteiger partial charge < -0.3 is 15.2 Å². The summed E-state index contributed by atoms with van der Waals surface area (Å²) in [6, 6.07) is 0. The highest BCUT2D eigenvalue weighted by Crippen LogP contribution is 2.42. The van der Waals surface area contributed by atoms with Crippen LogP contribution in [0.4, 0.5) is 0 Å². The zero-order valence-electron chi connectivity index (χ0n) is 10.3. The molecule has 0 radical (unpaired) electrons. The summed E-state index contributed by atoms with van der Waals surface area (Å²) in [6.45, 7) is 1.80.